The van der Waals surface area contributed by atoms with E-state index in [9.17, 15) is 0 Å². The van der Waals surface area contributed by atoms with E-state index in [0.717, 1.165) is 0 Å². The molecule has 0 atom stereocenters. The molecule has 0 rings (SSSR count). The van der Waals surface area contributed by atoms with Crippen LogP contribution in [-0.2, 0) is 0 Å². The Morgan fingerprint density at radius 1 is 0.909 bits per heavy atom. The number of allylic oxidation sites excluding steroid dienone is 3. The molecule has 1 radical (unpaired) electrons. The Bertz CT molecular complexity index is 101. The summed E-state index contributed by atoms with van der Waals surface area (Å²) in [6.45, 7) is 7.33. The Morgan fingerprint density at radius 2 is 1.55 bits per heavy atom. The van der Waals surface area contributed by atoms with E-state index in [1.807, 2.05) is 12.2 Å². The molecule has 0 aliphatic rings. The monoisotopic (exact) mass is 151 g/mol. The molecule has 0 bridgehead atoms. The van der Waals surface area contributed by atoms with Crippen molar-refractivity contribution in [3.8, 4) is 0 Å². The highest BCUT2D eigenvalue weighted by Crippen LogP contribution is 2.05. The summed E-state index contributed by atoms with van der Waals surface area (Å²) in [6.07, 6.45) is 13.7. The van der Waals surface area contributed by atoms with Crippen LogP contribution in [0.4, 0.5) is 0 Å². The second-order valence-corrected chi connectivity index (χ2v) is 2.75. The zero-order valence-corrected chi connectivity index (χ0v) is 7.39. The first kappa shape index (κ1) is 10.5. The van der Waals surface area contributed by atoms with Gasteiger partial charge in [0.2, 0.25) is 0 Å². The molecule has 0 unspecified atom stereocenters. The van der Waals surface area contributed by atoms with Gasteiger partial charge >= 0.3 is 0 Å². The third-order valence-electron chi connectivity index (χ3n) is 1.70. The third-order valence-corrected chi connectivity index (χ3v) is 1.70. The lowest BCUT2D eigenvalue weighted by Crippen LogP contribution is -1.75. The maximum Gasteiger partial charge on any atom is -0.0316 e. The van der Waals surface area contributed by atoms with Gasteiger partial charge in [0.1, 0.15) is 0 Å². The fraction of sp³-hybridized carbons (Fsp3) is 0.545. The highest BCUT2D eigenvalue weighted by atomic mass is 13.9. The van der Waals surface area contributed by atoms with Crippen LogP contribution in [0.5, 0.6) is 0 Å². The third kappa shape index (κ3) is 9.48. The molecule has 0 aromatic rings. The molecule has 63 valence electrons. The van der Waals surface area contributed by atoms with Crippen molar-refractivity contribution in [2.75, 3.05) is 0 Å². The van der Waals surface area contributed by atoms with Gasteiger partial charge < -0.3 is 0 Å². The van der Waals surface area contributed by atoms with E-state index in [0.29, 0.717) is 0 Å². The van der Waals surface area contributed by atoms with Crippen LogP contribution < -0.4 is 0 Å². The highest BCUT2D eigenvalue weighted by molar-refractivity contribution is 4.83. The molecule has 0 saturated carbocycles. The van der Waals surface area contributed by atoms with E-state index in [1.54, 1.807) is 0 Å². The first-order chi connectivity index (χ1) is 5.41. The number of rotatable bonds is 7. The zero-order chi connectivity index (χ0) is 8.36. The van der Waals surface area contributed by atoms with Gasteiger partial charge in [-0.2, -0.15) is 0 Å². The molecule has 0 aliphatic carbocycles. The second kappa shape index (κ2) is 9.48. The lowest BCUT2D eigenvalue weighted by molar-refractivity contribution is 0.652. The van der Waals surface area contributed by atoms with Gasteiger partial charge in [0, 0.05) is 0 Å². The van der Waals surface area contributed by atoms with Gasteiger partial charge in [-0.15, -0.1) is 6.58 Å². The Morgan fingerprint density at radius 3 is 2.09 bits per heavy atom. The van der Waals surface area contributed by atoms with E-state index in [2.05, 4.69) is 19.6 Å². The van der Waals surface area contributed by atoms with Gasteiger partial charge in [0.15, 0.2) is 0 Å². The molecule has 0 aliphatic heterocycles. The fourth-order valence-electron chi connectivity index (χ4n) is 1.02. The van der Waals surface area contributed by atoms with Crippen LogP contribution in [0.2, 0.25) is 0 Å². The molecule has 0 spiro atoms. The molecule has 0 nitrogen and oxygen atoms in total. The lowest BCUT2D eigenvalue weighted by Gasteiger charge is -1.95. The normalized spacial score (nSPS) is 10.6. The predicted octanol–water partition coefficient (Wildman–Crippen LogP) is 3.90. The Balaban J connectivity index is 2.84. The van der Waals surface area contributed by atoms with Crippen molar-refractivity contribution in [1.29, 1.82) is 0 Å². The first-order valence-electron chi connectivity index (χ1n) is 4.47. The largest absolute Gasteiger partial charge is 0.103 e. The second-order valence-electron chi connectivity index (χ2n) is 2.75. The molecule has 11 heavy (non-hydrogen) atoms. The minimum atomic E-state index is 1.17. The van der Waals surface area contributed by atoms with E-state index in [4.69, 9.17) is 0 Å². The van der Waals surface area contributed by atoms with Crippen molar-refractivity contribution in [2.45, 2.75) is 38.5 Å². The van der Waals surface area contributed by atoms with Crippen LogP contribution >= 0.6 is 0 Å². The van der Waals surface area contributed by atoms with Crippen LogP contribution in [-0.4, -0.2) is 0 Å². The summed E-state index contributed by atoms with van der Waals surface area (Å²) >= 11 is 0. The Kier molecular flexibility index (Phi) is 9.03. The van der Waals surface area contributed by atoms with Crippen LogP contribution in [0.25, 0.3) is 0 Å². The predicted molar refractivity (Wildman–Crippen MR) is 52.4 cm³/mol. The minimum Gasteiger partial charge on any atom is -0.103 e. The van der Waals surface area contributed by atoms with Crippen molar-refractivity contribution in [1.82, 2.24) is 0 Å². The summed E-state index contributed by atoms with van der Waals surface area (Å²) in [5.41, 5.74) is 0. The summed E-state index contributed by atoms with van der Waals surface area (Å²) < 4.78 is 0. The number of unbranched alkanes of at least 4 members (excludes halogenated alkanes) is 5. The zero-order valence-electron chi connectivity index (χ0n) is 7.39. The molecule has 0 N–H and O–H groups in total. The Labute approximate surface area is 71.0 Å². The van der Waals surface area contributed by atoms with Crippen LogP contribution in [0.3, 0.4) is 0 Å². The van der Waals surface area contributed by atoms with Crippen molar-refractivity contribution in [3.63, 3.8) is 0 Å². The van der Waals surface area contributed by atoms with Crippen LogP contribution in [0, 0.1) is 6.92 Å². The summed E-state index contributed by atoms with van der Waals surface area (Å²) in [4.78, 5) is 0. The lowest BCUT2D eigenvalue weighted by atomic mass is 10.1. The molecular formula is C11H19. The maximum absolute atomic E-state index is 3.69. The van der Waals surface area contributed by atoms with Gasteiger partial charge in [-0.05, 0) is 32.6 Å². The van der Waals surface area contributed by atoms with E-state index < -0.39 is 0 Å². The summed E-state index contributed by atoms with van der Waals surface area (Å²) in [5, 5.41) is 0. The number of hydrogen-bond donors (Lipinski definition) is 0. The van der Waals surface area contributed by atoms with Gasteiger partial charge in [-0.3, -0.25) is 0 Å². The standard InChI is InChI=1S/C11H19/c1-3-5-7-9-11-10-8-6-4-2/h3-5H,1-2,6-11H2. The van der Waals surface area contributed by atoms with Crippen LogP contribution in [0.15, 0.2) is 24.8 Å². The molecule has 0 aromatic heterocycles. The van der Waals surface area contributed by atoms with Crippen molar-refractivity contribution < 1.29 is 0 Å². The molecule has 0 saturated heterocycles. The van der Waals surface area contributed by atoms with Crippen molar-refractivity contribution in [2.24, 2.45) is 0 Å². The van der Waals surface area contributed by atoms with Gasteiger partial charge in [0.05, 0.1) is 0 Å². The van der Waals surface area contributed by atoms with Gasteiger partial charge in [-0.25, -0.2) is 0 Å². The van der Waals surface area contributed by atoms with Gasteiger partial charge in [0.25, 0.3) is 0 Å². The first-order valence-corrected chi connectivity index (χ1v) is 4.47. The van der Waals surface area contributed by atoms with Crippen molar-refractivity contribution >= 4 is 0 Å². The van der Waals surface area contributed by atoms with Gasteiger partial charge in [-0.1, -0.05) is 31.1 Å². The molecule has 0 heterocycles. The number of hydrogen-bond acceptors (Lipinski definition) is 0. The topological polar surface area (TPSA) is 0 Å². The van der Waals surface area contributed by atoms with E-state index in [-0.39, 0.29) is 0 Å². The highest BCUT2D eigenvalue weighted by Gasteiger charge is 1.85. The average molecular weight is 151 g/mol. The smallest absolute Gasteiger partial charge is 0.0316 e. The van der Waals surface area contributed by atoms with E-state index >= 15 is 0 Å². The molecular weight excluding hydrogens is 132 g/mol. The minimum absolute atomic E-state index is 1.17. The summed E-state index contributed by atoms with van der Waals surface area (Å²) in [7, 11) is 0. The summed E-state index contributed by atoms with van der Waals surface area (Å²) in [5.74, 6) is 0. The average Bonchev–Trinajstić information content (AvgIpc) is 2.03. The fourth-order valence-corrected chi connectivity index (χ4v) is 1.02. The van der Waals surface area contributed by atoms with E-state index in [1.165, 1.54) is 38.5 Å². The van der Waals surface area contributed by atoms with Crippen LogP contribution in [0.1, 0.15) is 38.5 Å². The SMILES string of the molecule is [CH2]C=CCCCCCCC=C. The quantitative estimate of drug-likeness (QED) is 0.382. The van der Waals surface area contributed by atoms with Crippen molar-refractivity contribution in [3.05, 3.63) is 31.7 Å². The summed E-state index contributed by atoms with van der Waals surface area (Å²) in [6, 6.07) is 0. The molecule has 0 fully saturated rings. The molecule has 0 amide bonds. The molecule has 0 heteroatoms. The Hall–Kier alpha value is -0.520. The molecule has 0 aromatic carbocycles. The maximum atomic E-state index is 3.69.